The third-order valence-electron chi connectivity index (χ3n) is 5.33. The average Bonchev–Trinajstić information content (AvgIpc) is 2.76. The summed E-state index contributed by atoms with van der Waals surface area (Å²) in [6.45, 7) is 3.26. The van der Waals surface area contributed by atoms with E-state index in [2.05, 4.69) is 20.9 Å². The summed E-state index contributed by atoms with van der Waals surface area (Å²) in [5, 5.41) is 18.8. The van der Waals surface area contributed by atoms with Crippen LogP contribution in [0.15, 0.2) is 48.8 Å². The van der Waals surface area contributed by atoms with Gasteiger partial charge in [0, 0.05) is 18.9 Å². The van der Waals surface area contributed by atoms with Gasteiger partial charge in [0.2, 0.25) is 5.91 Å². The molecule has 1 saturated heterocycles. The molecule has 1 aliphatic heterocycles. The third-order valence-corrected chi connectivity index (χ3v) is 5.33. The zero-order valence-electron chi connectivity index (χ0n) is 16.4. The summed E-state index contributed by atoms with van der Waals surface area (Å²) in [4.78, 5) is 28.0. The number of carbonyl (C=O) groups is 2. The Hall–Kier alpha value is -2.77. The number of amides is 1. The normalized spacial score (nSPS) is 15.6. The van der Waals surface area contributed by atoms with Gasteiger partial charge in [-0.3, -0.25) is 9.78 Å². The Balaban J connectivity index is 1.64. The van der Waals surface area contributed by atoms with E-state index in [9.17, 15) is 9.59 Å². The van der Waals surface area contributed by atoms with Gasteiger partial charge in [-0.15, -0.1) is 0 Å². The minimum Gasteiger partial charge on any atom is -0.478 e. The van der Waals surface area contributed by atoms with Crippen LogP contribution in [-0.4, -0.2) is 41.6 Å². The second-order valence-corrected chi connectivity index (χ2v) is 7.37. The van der Waals surface area contributed by atoms with E-state index in [1.54, 1.807) is 24.5 Å². The van der Waals surface area contributed by atoms with Crippen molar-refractivity contribution in [1.29, 1.82) is 0 Å². The molecule has 4 N–H and O–H groups in total. The summed E-state index contributed by atoms with van der Waals surface area (Å²) in [6, 6.07) is 9.68. The average molecular weight is 396 g/mol. The summed E-state index contributed by atoms with van der Waals surface area (Å²) in [5.74, 6) is -0.442. The van der Waals surface area contributed by atoms with E-state index in [-0.39, 0.29) is 11.5 Å². The fourth-order valence-electron chi connectivity index (χ4n) is 3.57. The first-order chi connectivity index (χ1) is 14.1. The molecule has 7 heteroatoms. The first-order valence-electron chi connectivity index (χ1n) is 10.1. The van der Waals surface area contributed by atoms with E-state index in [0.717, 1.165) is 50.0 Å². The van der Waals surface area contributed by atoms with Gasteiger partial charge in [-0.1, -0.05) is 12.1 Å². The highest BCUT2D eigenvalue weighted by Gasteiger charge is 2.21. The van der Waals surface area contributed by atoms with Crippen LogP contribution in [0, 0.1) is 5.92 Å². The van der Waals surface area contributed by atoms with Gasteiger partial charge in [-0.25, -0.2) is 4.79 Å². The molecule has 2 heterocycles. The smallest absolute Gasteiger partial charge is 0.335 e. The molecule has 1 aromatic heterocycles. The Bertz CT molecular complexity index is 789. The maximum Gasteiger partial charge on any atom is 0.335 e. The molecular weight excluding hydrogens is 368 g/mol. The van der Waals surface area contributed by atoms with Crippen LogP contribution in [0.25, 0.3) is 0 Å². The van der Waals surface area contributed by atoms with Crippen molar-refractivity contribution in [3.05, 3.63) is 65.5 Å². The van der Waals surface area contributed by atoms with Crippen molar-refractivity contribution in [3.8, 4) is 0 Å². The molecule has 2 aromatic rings. The van der Waals surface area contributed by atoms with Crippen molar-refractivity contribution in [2.24, 2.45) is 5.92 Å². The number of aromatic carboxylic acids is 1. The van der Waals surface area contributed by atoms with Crippen molar-refractivity contribution in [2.45, 2.75) is 31.8 Å². The molecule has 0 saturated carbocycles. The maximum atomic E-state index is 12.9. The summed E-state index contributed by atoms with van der Waals surface area (Å²) in [6.07, 6.45) is 6.73. The number of rotatable bonds is 9. The van der Waals surface area contributed by atoms with Gasteiger partial charge in [-0.2, -0.15) is 0 Å². The molecule has 0 bridgehead atoms. The van der Waals surface area contributed by atoms with Crippen LogP contribution in [0.1, 0.15) is 46.8 Å². The lowest BCUT2D eigenvalue weighted by molar-refractivity contribution is -0.123. The van der Waals surface area contributed by atoms with Crippen molar-refractivity contribution in [1.82, 2.24) is 20.9 Å². The lowest BCUT2D eigenvalue weighted by Crippen LogP contribution is -2.38. The fraction of sp³-hybridized carbons (Fsp3) is 0.409. The number of nitrogens with zero attached hydrogens (tertiary/aromatic N) is 1. The van der Waals surface area contributed by atoms with Crippen molar-refractivity contribution in [2.75, 3.05) is 19.6 Å². The molecule has 1 fully saturated rings. The Morgan fingerprint density at radius 1 is 1.10 bits per heavy atom. The Morgan fingerprint density at radius 2 is 1.79 bits per heavy atom. The van der Waals surface area contributed by atoms with Crippen LogP contribution in [-0.2, 0) is 11.3 Å². The minimum absolute atomic E-state index is 0.129. The summed E-state index contributed by atoms with van der Waals surface area (Å²) in [7, 11) is 0. The number of hydrogen-bond acceptors (Lipinski definition) is 5. The van der Waals surface area contributed by atoms with Crippen LogP contribution in [0.3, 0.4) is 0 Å². The van der Waals surface area contributed by atoms with Crippen molar-refractivity contribution >= 4 is 11.9 Å². The van der Waals surface area contributed by atoms with Crippen molar-refractivity contribution in [3.63, 3.8) is 0 Å². The Kier molecular flexibility index (Phi) is 7.72. The van der Waals surface area contributed by atoms with Crippen LogP contribution < -0.4 is 16.0 Å². The predicted molar refractivity (Wildman–Crippen MR) is 110 cm³/mol. The molecule has 0 spiro atoms. The number of nitrogens with one attached hydrogen (secondary N) is 3. The Labute approximate surface area is 170 Å². The molecule has 7 nitrogen and oxygen atoms in total. The summed E-state index contributed by atoms with van der Waals surface area (Å²) < 4.78 is 0. The molecule has 0 radical (unpaired) electrons. The second kappa shape index (κ2) is 10.7. The number of aromatic nitrogens is 1. The SMILES string of the molecule is O=C(O)c1ccc(C(NCCC2CCNCC2)C(=O)NCc2ccncc2)cc1. The predicted octanol–water partition coefficient (Wildman–Crippen LogP) is 2.12. The third kappa shape index (κ3) is 6.37. The molecule has 1 aromatic carbocycles. The van der Waals surface area contributed by atoms with Gasteiger partial charge < -0.3 is 21.1 Å². The van der Waals surface area contributed by atoms with E-state index in [1.807, 2.05) is 12.1 Å². The molecule has 3 rings (SSSR count). The zero-order chi connectivity index (χ0) is 20.5. The first-order valence-corrected chi connectivity index (χ1v) is 10.1. The summed E-state index contributed by atoms with van der Waals surface area (Å²) >= 11 is 0. The van der Waals surface area contributed by atoms with Crippen LogP contribution >= 0.6 is 0 Å². The van der Waals surface area contributed by atoms with Gasteiger partial charge in [0.25, 0.3) is 0 Å². The maximum absolute atomic E-state index is 12.9. The van der Waals surface area contributed by atoms with E-state index >= 15 is 0 Å². The number of pyridine rings is 1. The molecule has 1 aliphatic rings. The molecule has 0 aliphatic carbocycles. The topological polar surface area (TPSA) is 103 Å². The minimum atomic E-state index is -0.978. The number of carboxylic acid groups (broad SMARTS) is 1. The van der Waals surface area contributed by atoms with Gasteiger partial charge in [0.05, 0.1) is 5.56 Å². The fourth-order valence-corrected chi connectivity index (χ4v) is 3.57. The number of benzene rings is 1. The Morgan fingerprint density at radius 3 is 2.45 bits per heavy atom. The first kappa shape index (κ1) is 21.0. The van der Waals surface area contributed by atoms with Crippen LogP contribution in [0.4, 0.5) is 0 Å². The number of carbonyl (C=O) groups excluding carboxylic acids is 1. The highest BCUT2D eigenvalue weighted by molar-refractivity contribution is 5.88. The second-order valence-electron chi connectivity index (χ2n) is 7.37. The van der Waals surface area contributed by atoms with E-state index in [1.165, 1.54) is 12.1 Å². The molecular formula is C22H28N4O3. The highest BCUT2D eigenvalue weighted by Crippen LogP contribution is 2.18. The largest absolute Gasteiger partial charge is 0.478 e. The monoisotopic (exact) mass is 396 g/mol. The zero-order valence-corrected chi connectivity index (χ0v) is 16.4. The van der Waals surface area contributed by atoms with Crippen LogP contribution in [0.2, 0.25) is 0 Å². The molecule has 1 atom stereocenters. The number of carboxylic acids is 1. The van der Waals surface area contributed by atoms with Crippen molar-refractivity contribution < 1.29 is 14.7 Å². The van der Waals surface area contributed by atoms with Gasteiger partial charge in [0.1, 0.15) is 6.04 Å². The van der Waals surface area contributed by atoms with E-state index in [0.29, 0.717) is 12.5 Å². The van der Waals surface area contributed by atoms with Crippen LogP contribution in [0.5, 0.6) is 0 Å². The van der Waals surface area contributed by atoms with Gasteiger partial charge >= 0.3 is 5.97 Å². The standard InChI is InChI=1S/C22H28N4O3/c27-21(26-15-17-7-12-24-13-8-17)20(18-1-3-19(4-2-18)22(28)29)25-14-9-16-5-10-23-11-6-16/h1-4,7-8,12-13,16,20,23,25H,5-6,9-11,14-15H2,(H,26,27)(H,28,29). The molecule has 154 valence electrons. The van der Waals surface area contributed by atoms with Gasteiger partial charge in [0.15, 0.2) is 0 Å². The molecule has 1 unspecified atom stereocenters. The number of hydrogen-bond donors (Lipinski definition) is 4. The summed E-state index contributed by atoms with van der Waals surface area (Å²) in [5.41, 5.74) is 1.94. The molecule has 29 heavy (non-hydrogen) atoms. The van der Waals surface area contributed by atoms with E-state index < -0.39 is 12.0 Å². The van der Waals surface area contributed by atoms with E-state index in [4.69, 9.17) is 5.11 Å². The number of piperidine rings is 1. The van der Waals surface area contributed by atoms with Gasteiger partial charge in [-0.05, 0) is 80.2 Å². The highest BCUT2D eigenvalue weighted by atomic mass is 16.4. The lowest BCUT2D eigenvalue weighted by atomic mass is 9.94. The molecule has 1 amide bonds. The quantitative estimate of drug-likeness (QED) is 0.518. The lowest BCUT2D eigenvalue weighted by Gasteiger charge is -2.24.